The SMILES string of the molecule is C[C@H]1OCCN[C@@H]1C(=O)N1CCCC(C(=O)Nc2ccccc2)C1. The summed E-state index contributed by atoms with van der Waals surface area (Å²) >= 11 is 0. The first kappa shape index (κ1) is 16.9. The first-order valence-corrected chi connectivity index (χ1v) is 8.65. The predicted octanol–water partition coefficient (Wildman–Crippen LogP) is 1.24. The third kappa shape index (κ3) is 3.94. The molecule has 0 saturated carbocycles. The summed E-state index contributed by atoms with van der Waals surface area (Å²) in [4.78, 5) is 27.0. The number of amides is 2. The van der Waals surface area contributed by atoms with Gasteiger partial charge in [-0.2, -0.15) is 0 Å². The van der Waals surface area contributed by atoms with Gasteiger partial charge in [0.15, 0.2) is 0 Å². The van der Waals surface area contributed by atoms with E-state index in [1.54, 1.807) is 0 Å². The summed E-state index contributed by atoms with van der Waals surface area (Å²) in [6.45, 7) is 4.42. The molecule has 6 heteroatoms. The van der Waals surface area contributed by atoms with E-state index < -0.39 is 0 Å². The molecule has 1 aromatic carbocycles. The van der Waals surface area contributed by atoms with E-state index in [1.165, 1.54) is 0 Å². The van der Waals surface area contributed by atoms with Crippen LogP contribution in [-0.4, -0.2) is 55.1 Å². The van der Waals surface area contributed by atoms with E-state index in [0.29, 0.717) is 26.2 Å². The molecule has 2 N–H and O–H groups in total. The van der Waals surface area contributed by atoms with Crippen LogP contribution < -0.4 is 10.6 Å². The largest absolute Gasteiger partial charge is 0.375 e. The van der Waals surface area contributed by atoms with E-state index in [2.05, 4.69) is 10.6 Å². The van der Waals surface area contributed by atoms with Crippen molar-refractivity contribution in [2.24, 2.45) is 5.92 Å². The topological polar surface area (TPSA) is 70.7 Å². The summed E-state index contributed by atoms with van der Waals surface area (Å²) in [7, 11) is 0. The highest BCUT2D eigenvalue weighted by Gasteiger charge is 2.35. The van der Waals surface area contributed by atoms with Crippen LogP contribution in [0, 0.1) is 5.92 Å². The number of hydrogen-bond acceptors (Lipinski definition) is 4. The summed E-state index contributed by atoms with van der Waals surface area (Å²) in [5.74, 6) is -0.137. The number of hydrogen-bond donors (Lipinski definition) is 2. The second kappa shape index (κ2) is 7.77. The van der Waals surface area contributed by atoms with Gasteiger partial charge < -0.3 is 20.3 Å². The minimum atomic E-state index is -0.310. The van der Waals surface area contributed by atoms with Crippen molar-refractivity contribution in [3.63, 3.8) is 0 Å². The maximum atomic E-state index is 12.7. The first-order valence-electron chi connectivity index (χ1n) is 8.65. The lowest BCUT2D eigenvalue weighted by molar-refractivity contribution is -0.142. The number of nitrogens with zero attached hydrogens (tertiary/aromatic N) is 1. The van der Waals surface area contributed by atoms with Gasteiger partial charge in [-0.25, -0.2) is 0 Å². The van der Waals surface area contributed by atoms with Gasteiger partial charge >= 0.3 is 0 Å². The highest BCUT2D eigenvalue weighted by atomic mass is 16.5. The Balaban J connectivity index is 1.59. The molecule has 3 rings (SSSR count). The summed E-state index contributed by atoms with van der Waals surface area (Å²) in [5, 5.41) is 6.18. The van der Waals surface area contributed by atoms with Crippen molar-refractivity contribution in [2.75, 3.05) is 31.6 Å². The Bertz CT molecular complexity index is 578. The molecule has 0 aromatic heterocycles. The lowest BCUT2D eigenvalue weighted by atomic mass is 9.95. The van der Waals surface area contributed by atoms with E-state index in [9.17, 15) is 9.59 Å². The number of ether oxygens (including phenoxy) is 1. The van der Waals surface area contributed by atoms with Crippen LogP contribution in [0.2, 0.25) is 0 Å². The number of likely N-dealkylation sites (tertiary alicyclic amines) is 1. The zero-order chi connectivity index (χ0) is 16.9. The molecule has 0 radical (unpaired) electrons. The normalized spacial score (nSPS) is 27.5. The third-order valence-electron chi connectivity index (χ3n) is 4.73. The molecule has 0 spiro atoms. The lowest BCUT2D eigenvalue weighted by Crippen LogP contribution is -2.58. The first-order chi connectivity index (χ1) is 11.6. The van der Waals surface area contributed by atoms with Crippen LogP contribution in [0.4, 0.5) is 5.69 Å². The van der Waals surface area contributed by atoms with Crippen LogP contribution in [0.3, 0.4) is 0 Å². The molecule has 2 fully saturated rings. The van der Waals surface area contributed by atoms with Gasteiger partial charge in [-0.3, -0.25) is 9.59 Å². The number of anilines is 1. The lowest BCUT2D eigenvalue weighted by Gasteiger charge is -2.37. The number of rotatable bonds is 3. The quantitative estimate of drug-likeness (QED) is 0.874. The van der Waals surface area contributed by atoms with Crippen molar-refractivity contribution in [1.82, 2.24) is 10.2 Å². The Morgan fingerprint density at radius 3 is 2.83 bits per heavy atom. The van der Waals surface area contributed by atoms with Crippen LogP contribution in [-0.2, 0) is 14.3 Å². The van der Waals surface area contributed by atoms with Crippen molar-refractivity contribution in [2.45, 2.75) is 31.9 Å². The van der Waals surface area contributed by atoms with Crippen molar-refractivity contribution in [3.8, 4) is 0 Å². The van der Waals surface area contributed by atoms with Crippen molar-refractivity contribution in [3.05, 3.63) is 30.3 Å². The van der Waals surface area contributed by atoms with E-state index in [0.717, 1.165) is 18.5 Å². The van der Waals surface area contributed by atoms with Gasteiger partial charge in [-0.1, -0.05) is 18.2 Å². The zero-order valence-electron chi connectivity index (χ0n) is 14.0. The van der Waals surface area contributed by atoms with Crippen molar-refractivity contribution < 1.29 is 14.3 Å². The minimum absolute atomic E-state index is 0.0143. The molecule has 2 amide bonds. The molecular weight excluding hydrogens is 306 g/mol. The summed E-state index contributed by atoms with van der Waals surface area (Å²) < 4.78 is 5.57. The molecule has 24 heavy (non-hydrogen) atoms. The molecule has 3 atom stereocenters. The van der Waals surface area contributed by atoms with Gasteiger partial charge in [0, 0.05) is 25.3 Å². The van der Waals surface area contributed by atoms with Crippen LogP contribution >= 0.6 is 0 Å². The predicted molar refractivity (Wildman–Crippen MR) is 91.6 cm³/mol. The maximum absolute atomic E-state index is 12.7. The summed E-state index contributed by atoms with van der Waals surface area (Å²) in [6.07, 6.45) is 1.53. The number of carbonyl (C=O) groups is 2. The summed E-state index contributed by atoms with van der Waals surface area (Å²) in [5.41, 5.74) is 0.793. The van der Waals surface area contributed by atoms with Gasteiger partial charge in [0.05, 0.1) is 18.6 Å². The molecule has 1 aromatic rings. The molecule has 0 bridgehead atoms. The molecule has 6 nitrogen and oxygen atoms in total. The Morgan fingerprint density at radius 1 is 1.29 bits per heavy atom. The van der Waals surface area contributed by atoms with Gasteiger partial charge in [0.25, 0.3) is 0 Å². The van der Waals surface area contributed by atoms with Gasteiger partial charge in [-0.05, 0) is 31.9 Å². The van der Waals surface area contributed by atoms with Crippen LogP contribution in [0.25, 0.3) is 0 Å². The monoisotopic (exact) mass is 331 g/mol. The molecule has 2 heterocycles. The van der Waals surface area contributed by atoms with E-state index in [1.807, 2.05) is 42.2 Å². The molecule has 2 aliphatic heterocycles. The molecule has 1 unspecified atom stereocenters. The van der Waals surface area contributed by atoms with Crippen LogP contribution in [0.5, 0.6) is 0 Å². The van der Waals surface area contributed by atoms with E-state index in [-0.39, 0.29) is 29.9 Å². The Labute approximate surface area is 142 Å². The number of nitrogens with one attached hydrogen (secondary N) is 2. The van der Waals surface area contributed by atoms with Crippen molar-refractivity contribution in [1.29, 1.82) is 0 Å². The standard InChI is InChI=1S/C18H25N3O3/c1-13-16(19-9-11-24-13)18(23)21-10-5-6-14(12-21)17(22)20-15-7-3-2-4-8-15/h2-4,7-8,13-14,16,19H,5-6,9-12H2,1H3,(H,20,22)/t13-,14?,16+/m1/s1. The fourth-order valence-electron chi connectivity index (χ4n) is 3.36. The second-order valence-electron chi connectivity index (χ2n) is 6.49. The fraction of sp³-hybridized carbons (Fsp3) is 0.556. The number of carbonyl (C=O) groups excluding carboxylic acids is 2. The number of piperidine rings is 1. The fourth-order valence-corrected chi connectivity index (χ4v) is 3.36. The molecule has 0 aliphatic carbocycles. The summed E-state index contributed by atoms with van der Waals surface area (Å²) in [6, 6.07) is 9.13. The highest BCUT2D eigenvalue weighted by Crippen LogP contribution is 2.20. The van der Waals surface area contributed by atoms with Gasteiger partial charge in [0.2, 0.25) is 11.8 Å². The van der Waals surface area contributed by atoms with E-state index >= 15 is 0 Å². The molecule has 130 valence electrons. The Kier molecular flexibility index (Phi) is 5.48. The number of para-hydroxylation sites is 1. The molecule has 2 aliphatic rings. The number of morpholine rings is 1. The smallest absolute Gasteiger partial charge is 0.242 e. The average molecular weight is 331 g/mol. The third-order valence-corrected chi connectivity index (χ3v) is 4.73. The molecular formula is C18H25N3O3. The second-order valence-corrected chi connectivity index (χ2v) is 6.49. The van der Waals surface area contributed by atoms with Crippen molar-refractivity contribution >= 4 is 17.5 Å². The average Bonchev–Trinajstić information content (AvgIpc) is 2.62. The highest BCUT2D eigenvalue weighted by molar-refractivity contribution is 5.93. The maximum Gasteiger partial charge on any atom is 0.242 e. The van der Waals surface area contributed by atoms with Gasteiger partial charge in [0.1, 0.15) is 6.04 Å². The minimum Gasteiger partial charge on any atom is -0.375 e. The molecule has 2 saturated heterocycles. The zero-order valence-corrected chi connectivity index (χ0v) is 14.0. The van der Waals surface area contributed by atoms with Gasteiger partial charge in [-0.15, -0.1) is 0 Å². The number of benzene rings is 1. The van der Waals surface area contributed by atoms with Crippen LogP contribution in [0.1, 0.15) is 19.8 Å². The van der Waals surface area contributed by atoms with Crippen LogP contribution in [0.15, 0.2) is 30.3 Å². The van der Waals surface area contributed by atoms with E-state index in [4.69, 9.17) is 4.74 Å². The Morgan fingerprint density at radius 2 is 2.08 bits per heavy atom. The Hall–Kier alpha value is -1.92.